The first-order valence-electron chi connectivity index (χ1n) is 6.99. The van der Waals surface area contributed by atoms with Gasteiger partial charge in [0.25, 0.3) is 0 Å². The molecule has 0 amide bonds. The highest BCUT2D eigenvalue weighted by Gasteiger charge is 2.07. The quantitative estimate of drug-likeness (QED) is 0.324. The van der Waals surface area contributed by atoms with Crippen LogP contribution >= 0.6 is 60.4 Å². The molecule has 3 aromatic carbocycles. The van der Waals surface area contributed by atoms with Crippen LogP contribution in [0, 0.1) is 0 Å². The molecule has 0 heterocycles. The van der Waals surface area contributed by atoms with E-state index in [0.717, 1.165) is 35.0 Å². The zero-order valence-corrected chi connectivity index (χ0v) is 17.9. The molecule has 23 heavy (non-hydrogen) atoms. The Hall–Kier alpha value is -0.485. The molecule has 0 fully saturated rings. The van der Waals surface area contributed by atoms with E-state index < -0.39 is 0 Å². The Kier molecular flexibility index (Phi) is 5.41. The normalized spacial score (nSPS) is 10.8. The van der Waals surface area contributed by atoms with Crippen molar-refractivity contribution < 1.29 is 0 Å². The van der Waals surface area contributed by atoms with Gasteiger partial charge < -0.3 is 0 Å². The van der Waals surface area contributed by atoms with E-state index in [0.29, 0.717) is 0 Å². The van der Waals surface area contributed by atoms with E-state index in [9.17, 15) is 0 Å². The van der Waals surface area contributed by atoms with Gasteiger partial charge in [-0.15, -0.1) is 12.6 Å². The summed E-state index contributed by atoms with van der Waals surface area (Å²) in [6.07, 6.45) is 0. The fourth-order valence-electron chi connectivity index (χ4n) is 2.57. The van der Waals surface area contributed by atoms with Gasteiger partial charge in [0, 0.05) is 18.3 Å². The smallest absolute Gasteiger partial charge is 0.139 e. The summed E-state index contributed by atoms with van der Waals surface area (Å²) in [5.41, 5.74) is 5.86. The maximum atomic E-state index is 4.59. The summed E-state index contributed by atoms with van der Waals surface area (Å²) in [6, 6.07) is 19.1. The van der Waals surface area contributed by atoms with Crippen molar-refractivity contribution in [1.82, 2.24) is 0 Å². The summed E-state index contributed by atoms with van der Waals surface area (Å²) in [5.74, 6) is 0. The summed E-state index contributed by atoms with van der Waals surface area (Å²) >= 11 is 15.3. The Morgan fingerprint density at radius 3 is 1.52 bits per heavy atom. The monoisotopic (exact) mass is 508 g/mol. The first-order valence-corrected chi connectivity index (χ1v) is 9.81. The molecule has 0 saturated heterocycles. The summed E-state index contributed by atoms with van der Waals surface area (Å²) in [7, 11) is 2.10. The van der Waals surface area contributed by atoms with Gasteiger partial charge in [-0.2, -0.15) is 0 Å². The lowest BCUT2D eigenvalue weighted by Crippen LogP contribution is -2.01. The topological polar surface area (TPSA) is 0 Å². The van der Waals surface area contributed by atoms with Gasteiger partial charge in [-0.05, 0) is 64.7 Å². The first-order chi connectivity index (χ1) is 10.9. The average molecular weight is 511 g/mol. The summed E-state index contributed by atoms with van der Waals surface area (Å²) < 4.78 is 3.18. The standard InChI is InChI=1S/C18H12BBr3S/c19-14-2-12(3-15(20)8-14)10-1-11(7-18(23)6-10)13-4-16(21)9-17(22)5-13/h1-9,23H,19H2. The number of thiol groups is 1. The lowest BCUT2D eigenvalue weighted by atomic mass is 9.91. The molecule has 0 saturated carbocycles. The highest BCUT2D eigenvalue weighted by Crippen LogP contribution is 2.33. The molecule has 0 spiro atoms. The zero-order chi connectivity index (χ0) is 16.6. The molecule has 0 atom stereocenters. The lowest BCUT2D eigenvalue weighted by molar-refractivity contribution is 1.45. The van der Waals surface area contributed by atoms with E-state index in [-0.39, 0.29) is 0 Å². The van der Waals surface area contributed by atoms with Gasteiger partial charge in [0.15, 0.2) is 0 Å². The molecule has 0 aliphatic carbocycles. The zero-order valence-electron chi connectivity index (χ0n) is 12.3. The van der Waals surface area contributed by atoms with Crippen LogP contribution in [-0.4, -0.2) is 7.85 Å². The second kappa shape index (κ2) is 7.18. The molecule has 114 valence electrons. The predicted molar refractivity (Wildman–Crippen MR) is 116 cm³/mol. The largest absolute Gasteiger partial charge is 0.143 e. The number of hydrogen-bond acceptors (Lipinski definition) is 1. The molecule has 0 N–H and O–H groups in total. The fourth-order valence-corrected chi connectivity index (χ4v) is 4.75. The van der Waals surface area contributed by atoms with E-state index >= 15 is 0 Å². The second-order valence-electron chi connectivity index (χ2n) is 5.44. The van der Waals surface area contributed by atoms with Gasteiger partial charge in [-0.25, -0.2) is 0 Å². The number of hydrogen-bond donors (Lipinski definition) is 1. The van der Waals surface area contributed by atoms with Crippen molar-refractivity contribution in [1.29, 1.82) is 0 Å². The fraction of sp³-hybridized carbons (Fsp3) is 0. The second-order valence-corrected chi connectivity index (χ2v) is 8.71. The Balaban J connectivity index is 2.16. The van der Waals surface area contributed by atoms with Gasteiger partial charge in [-0.1, -0.05) is 65.4 Å². The molecule has 3 rings (SSSR count). The Bertz CT molecular complexity index is 783. The maximum absolute atomic E-state index is 4.59. The molecule has 5 heteroatoms. The van der Waals surface area contributed by atoms with Gasteiger partial charge in [0.2, 0.25) is 0 Å². The molecule has 0 radical (unpaired) electrons. The van der Waals surface area contributed by atoms with Crippen molar-refractivity contribution >= 4 is 73.7 Å². The molecular formula is C18H12BBr3S. The molecule has 0 bridgehead atoms. The van der Waals surface area contributed by atoms with Gasteiger partial charge in [-0.3, -0.25) is 0 Å². The van der Waals surface area contributed by atoms with Crippen LogP contribution in [0.15, 0.2) is 72.9 Å². The highest BCUT2D eigenvalue weighted by atomic mass is 79.9. The predicted octanol–water partition coefficient (Wildman–Crippen LogP) is 5.86. The molecule has 0 unspecified atom stereocenters. The minimum atomic E-state index is 0.950. The van der Waals surface area contributed by atoms with Crippen LogP contribution in [0.2, 0.25) is 0 Å². The van der Waals surface area contributed by atoms with E-state index in [4.69, 9.17) is 0 Å². The minimum Gasteiger partial charge on any atom is -0.143 e. The number of benzene rings is 3. The third kappa shape index (κ3) is 4.33. The number of halogens is 3. The van der Waals surface area contributed by atoms with Crippen LogP contribution in [0.3, 0.4) is 0 Å². The molecule has 3 aromatic rings. The molecular weight excluding hydrogens is 499 g/mol. The molecule has 0 aliphatic rings. The van der Waals surface area contributed by atoms with Gasteiger partial charge >= 0.3 is 0 Å². The third-order valence-corrected chi connectivity index (χ3v) is 5.12. The van der Waals surface area contributed by atoms with Crippen molar-refractivity contribution in [2.24, 2.45) is 0 Å². The van der Waals surface area contributed by atoms with E-state index in [1.165, 1.54) is 11.0 Å². The Labute approximate surface area is 167 Å². The van der Waals surface area contributed by atoms with Crippen molar-refractivity contribution in [2.75, 3.05) is 0 Å². The van der Waals surface area contributed by atoms with Crippen molar-refractivity contribution in [2.45, 2.75) is 4.90 Å². The highest BCUT2D eigenvalue weighted by molar-refractivity contribution is 9.11. The van der Waals surface area contributed by atoms with Crippen LogP contribution in [0.25, 0.3) is 22.3 Å². The first kappa shape index (κ1) is 17.3. The Morgan fingerprint density at radius 2 is 1.00 bits per heavy atom. The number of rotatable bonds is 2. The third-order valence-electron chi connectivity index (χ3n) is 3.49. The molecule has 0 aromatic heterocycles. The molecule has 0 aliphatic heterocycles. The van der Waals surface area contributed by atoms with E-state index in [1.807, 2.05) is 6.07 Å². The molecule has 0 nitrogen and oxygen atoms in total. The minimum absolute atomic E-state index is 0.950. The van der Waals surface area contributed by atoms with Crippen molar-refractivity contribution in [3.63, 3.8) is 0 Å². The average Bonchev–Trinajstić information content (AvgIpc) is 2.44. The van der Waals surface area contributed by atoms with Crippen LogP contribution < -0.4 is 5.46 Å². The van der Waals surface area contributed by atoms with Crippen LogP contribution in [0.4, 0.5) is 0 Å². The Morgan fingerprint density at radius 1 is 0.565 bits per heavy atom. The van der Waals surface area contributed by atoms with Crippen molar-refractivity contribution in [3.05, 3.63) is 68.0 Å². The van der Waals surface area contributed by atoms with Crippen molar-refractivity contribution in [3.8, 4) is 22.3 Å². The van der Waals surface area contributed by atoms with Gasteiger partial charge in [0.1, 0.15) is 7.85 Å². The van der Waals surface area contributed by atoms with Gasteiger partial charge in [0.05, 0.1) is 0 Å². The summed E-state index contributed by atoms with van der Waals surface area (Å²) in [6.45, 7) is 0. The lowest BCUT2D eigenvalue weighted by Gasteiger charge is -2.10. The maximum Gasteiger partial charge on any atom is 0.139 e. The summed E-state index contributed by atoms with van der Waals surface area (Å²) in [4.78, 5) is 0.950. The SMILES string of the molecule is Bc1cc(Br)cc(-c2cc(S)cc(-c3cc(Br)cc(Br)c3)c2)c1. The summed E-state index contributed by atoms with van der Waals surface area (Å²) in [5, 5.41) is 0. The van der Waals surface area contributed by atoms with E-state index in [1.54, 1.807) is 0 Å². The van der Waals surface area contributed by atoms with Crippen LogP contribution in [0.5, 0.6) is 0 Å². The van der Waals surface area contributed by atoms with Crippen LogP contribution in [0.1, 0.15) is 0 Å². The van der Waals surface area contributed by atoms with E-state index in [2.05, 4.69) is 117 Å². The van der Waals surface area contributed by atoms with Crippen LogP contribution in [-0.2, 0) is 0 Å².